The van der Waals surface area contributed by atoms with E-state index in [2.05, 4.69) is 12.6 Å². The van der Waals surface area contributed by atoms with Crippen LogP contribution in [0.1, 0.15) is 26.7 Å². The zero-order valence-electron chi connectivity index (χ0n) is 8.64. The van der Waals surface area contributed by atoms with Crippen LogP contribution in [0.15, 0.2) is 53.9 Å². The number of hydrogen-bond donors (Lipinski definition) is 0. The largest absolute Gasteiger partial charge is 0.289 e. The van der Waals surface area contributed by atoms with E-state index in [4.69, 9.17) is 0 Å². The van der Waals surface area contributed by atoms with E-state index in [1.54, 1.807) is 11.3 Å². The molecule has 3 rings (SSSR count). The molecule has 0 amide bonds. The lowest BCUT2D eigenvalue weighted by atomic mass is 9.97. The van der Waals surface area contributed by atoms with Gasteiger partial charge in [-0.2, -0.15) is 0 Å². The lowest BCUT2D eigenvalue weighted by Crippen LogP contribution is -1.98. The molecule has 0 aliphatic heterocycles. The lowest BCUT2D eigenvalue weighted by Gasteiger charge is -2.08. The van der Waals surface area contributed by atoms with E-state index in [1.807, 2.05) is 35.7 Å². The highest BCUT2D eigenvalue weighted by Gasteiger charge is 2.34. The first-order chi connectivity index (χ1) is 7.79. The van der Waals surface area contributed by atoms with Crippen molar-refractivity contribution in [2.45, 2.75) is 5.92 Å². The normalized spacial score (nSPS) is 18.9. The van der Waals surface area contributed by atoms with Gasteiger partial charge in [0.15, 0.2) is 5.78 Å². The Morgan fingerprint density at radius 1 is 1.12 bits per heavy atom. The molecule has 78 valence electrons. The summed E-state index contributed by atoms with van der Waals surface area (Å²) in [4.78, 5) is 13.2. The van der Waals surface area contributed by atoms with E-state index in [9.17, 15) is 4.79 Å². The molecule has 0 fully saturated rings. The van der Waals surface area contributed by atoms with Crippen LogP contribution in [0.5, 0.6) is 0 Å². The van der Waals surface area contributed by atoms with Crippen LogP contribution in [0.3, 0.4) is 0 Å². The number of Topliss-reactive ketones (excluding diaryl/α,β-unsaturated/α-hetero) is 1. The fourth-order valence-electron chi connectivity index (χ4n) is 2.23. The Balaban J connectivity index is 2.22. The maximum absolute atomic E-state index is 12.0. The first kappa shape index (κ1) is 9.55. The lowest BCUT2D eigenvalue weighted by molar-refractivity contribution is 0.103. The summed E-state index contributed by atoms with van der Waals surface area (Å²) in [5.41, 5.74) is 2.61. The summed E-state index contributed by atoms with van der Waals surface area (Å²) in [6.07, 6.45) is 0. The van der Waals surface area contributed by atoms with E-state index in [1.165, 1.54) is 4.88 Å². The van der Waals surface area contributed by atoms with Crippen molar-refractivity contribution in [3.8, 4) is 0 Å². The van der Waals surface area contributed by atoms with Crippen LogP contribution in [-0.4, -0.2) is 5.78 Å². The molecule has 1 aliphatic rings. The minimum absolute atomic E-state index is 0.0729. The summed E-state index contributed by atoms with van der Waals surface area (Å²) >= 11 is 1.68. The van der Waals surface area contributed by atoms with Crippen LogP contribution in [0.25, 0.3) is 0 Å². The van der Waals surface area contributed by atoms with Gasteiger partial charge >= 0.3 is 0 Å². The Morgan fingerprint density at radius 2 is 1.94 bits per heavy atom. The van der Waals surface area contributed by atoms with Gasteiger partial charge < -0.3 is 0 Å². The van der Waals surface area contributed by atoms with Crippen LogP contribution in [0, 0.1) is 0 Å². The van der Waals surface area contributed by atoms with Crippen molar-refractivity contribution in [1.29, 1.82) is 0 Å². The molecule has 1 heterocycles. The van der Waals surface area contributed by atoms with Gasteiger partial charge in [0.2, 0.25) is 0 Å². The second-order valence-corrected chi connectivity index (χ2v) is 4.87. The molecule has 0 radical (unpaired) electrons. The highest BCUT2D eigenvalue weighted by molar-refractivity contribution is 7.10. The molecule has 2 heteroatoms. The highest BCUT2D eigenvalue weighted by Crippen LogP contribution is 2.42. The second kappa shape index (κ2) is 3.42. The molecular weight excluding hydrogens is 216 g/mol. The van der Waals surface area contributed by atoms with Crippen molar-refractivity contribution in [1.82, 2.24) is 0 Å². The van der Waals surface area contributed by atoms with E-state index >= 15 is 0 Å². The number of carbonyl (C=O) groups is 1. The van der Waals surface area contributed by atoms with E-state index in [0.29, 0.717) is 5.57 Å². The zero-order chi connectivity index (χ0) is 11.1. The quantitative estimate of drug-likeness (QED) is 0.678. The first-order valence-electron chi connectivity index (χ1n) is 5.15. The molecule has 16 heavy (non-hydrogen) atoms. The molecule has 2 aromatic rings. The monoisotopic (exact) mass is 226 g/mol. The Labute approximate surface area is 98.1 Å². The molecule has 1 unspecified atom stereocenters. The van der Waals surface area contributed by atoms with Gasteiger partial charge in [-0.3, -0.25) is 4.79 Å². The summed E-state index contributed by atoms with van der Waals surface area (Å²) in [6, 6.07) is 11.9. The first-order valence-corrected chi connectivity index (χ1v) is 6.03. The summed E-state index contributed by atoms with van der Waals surface area (Å²) in [7, 11) is 0. The molecule has 1 atom stereocenters. The summed E-state index contributed by atoms with van der Waals surface area (Å²) in [5.74, 6) is 0.165. The molecule has 0 saturated carbocycles. The average molecular weight is 226 g/mol. The van der Waals surface area contributed by atoms with Crippen molar-refractivity contribution in [2.24, 2.45) is 0 Å². The standard InChI is InChI=1S/C14H10OS/c1-9-13(12-7-4-8-16-12)10-5-2-3-6-11(10)14(9)15/h2-8,13H,1H2. The predicted octanol–water partition coefficient (Wildman–Crippen LogP) is 3.63. The average Bonchev–Trinajstić information content (AvgIpc) is 2.89. The summed E-state index contributed by atoms with van der Waals surface area (Å²) in [6.45, 7) is 3.94. The second-order valence-electron chi connectivity index (χ2n) is 3.89. The fourth-order valence-corrected chi connectivity index (χ4v) is 3.10. The van der Waals surface area contributed by atoms with Crippen LogP contribution >= 0.6 is 11.3 Å². The number of thiophene rings is 1. The molecule has 0 spiro atoms. The molecule has 1 nitrogen and oxygen atoms in total. The minimum Gasteiger partial charge on any atom is -0.289 e. The van der Waals surface area contributed by atoms with Gasteiger partial charge in [0.1, 0.15) is 0 Å². The number of hydrogen-bond acceptors (Lipinski definition) is 2. The number of benzene rings is 1. The molecule has 0 N–H and O–H groups in total. The van der Waals surface area contributed by atoms with Gasteiger partial charge in [0, 0.05) is 21.9 Å². The molecule has 1 aliphatic carbocycles. The van der Waals surface area contributed by atoms with Gasteiger partial charge in [-0.05, 0) is 17.0 Å². The van der Waals surface area contributed by atoms with Gasteiger partial charge in [-0.1, -0.05) is 36.9 Å². The number of carbonyl (C=O) groups excluding carboxylic acids is 1. The maximum atomic E-state index is 12.0. The predicted molar refractivity (Wildman–Crippen MR) is 66.1 cm³/mol. The number of fused-ring (bicyclic) bond motifs is 1. The molecule has 0 bridgehead atoms. The zero-order valence-corrected chi connectivity index (χ0v) is 9.46. The van der Waals surface area contributed by atoms with Crippen LogP contribution < -0.4 is 0 Å². The van der Waals surface area contributed by atoms with Crippen molar-refractivity contribution in [3.05, 3.63) is 69.9 Å². The molecule has 1 aromatic heterocycles. The van der Waals surface area contributed by atoms with Crippen molar-refractivity contribution in [3.63, 3.8) is 0 Å². The van der Waals surface area contributed by atoms with Gasteiger partial charge in [-0.15, -0.1) is 11.3 Å². The van der Waals surface area contributed by atoms with Crippen LogP contribution in [0.4, 0.5) is 0 Å². The molecule has 0 saturated heterocycles. The maximum Gasteiger partial charge on any atom is 0.189 e. The highest BCUT2D eigenvalue weighted by atomic mass is 32.1. The Kier molecular flexibility index (Phi) is 2.04. The number of allylic oxidation sites excluding steroid dienone is 1. The van der Waals surface area contributed by atoms with E-state index < -0.39 is 0 Å². The smallest absolute Gasteiger partial charge is 0.189 e. The molecular formula is C14H10OS. The SMILES string of the molecule is C=C1C(=O)c2ccccc2C1c1cccs1. The van der Waals surface area contributed by atoms with E-state index in [0.717, 1.165) is 11.1 Å². The van der Waals surface area contributed by atoms with Crippen LogP contribution in [0.2, 0.25) is 0 Å². The van der Waals surface area contributed by atoms with E-state index in [-0.39, 0.29) is 11.7 Å². The minimum atomic E-state index is 0.0729. The number of ketones is 1. The number of rotatable bonds is 1. The van der Waals surface area contributed by atoms with Crippen LogP contribution in [-0.2, 0) is 0 Å². The third kappa shape index (κ3) is 1.20. The third-order valence-corrected chi connectivity index (χ3v) is 3.92. The summed E-state index contributed by atoms with van der Waals surface area (Å²) < 4.78 is 0. The van der Waals surface area contributed by atoms with Crippen molar-refractivity contribution >= 4 is 17.1 Å². The Hall–Kier alpha value is -1.67. The summed E-state index contributed by atoms with van der Waals surface area (Å²) in [5, 5.41) is 2.04. The van der Waals surface area contributed by atoms with Gasteiger partial charge in [-0.25, -0.2) is 0 Å². The third-order valence-electron chi connectivity index (χ3n) is 2.98. The van der Waals surface area contributed by atoms with Crippen molar-refractivity contribution in [2.75, 3.05) is 0 Å². The Morgan fingerprint density at radius 3 is 2.69 bits per heavy atom. The fraction of sp³-hybridized carbons (Fsp3) is 0.0714. The molecule has 1 aromatic carbocycles. The topological polar surface area (TPSA) is 17.1 Å². The van der Waals surface area contributed by atoms with Crippen molar-refractivity contribution < 1.29 is 4.79 Å². The Bertz CT molecular complexity index is 566. The van der Waals surface area contributed by atoms with Gasteiger partial charge in [0.25, 0.3) is 0 Å². The van der Waals surface area contributed by atoms with Gasteiger partial charge in [0.05, 0.1) is 0 Å².